The fourth-order valence-electron chi connectivity index (χ4n) is 2.31. The van der Waals surface area contributed by atoms with Gasteiger partial charge in [0, 0.05) is 18.5 Å². The molecule has 1 amide bonds. The van der Waals surface area contributed by atoms with Crippen LogP contribution in [0.25, 0.3) is 0 Å². The van der Waals surface area contributed by atoms with E-state index in [4.69, 9.17) is 4.74 Å². The predicted molar refractivity (Wildman–Crippen MR) is 73.4 cm³/mol. The number of nitrogens with one attached hydrogen (secondary N) is 1. The Labute approximate surface area is 113 Å². The molecule has 0 saturated heterocycles. The molecule has 4 heteroatoms. The van der Waals surface area contributed by atoms with E-state index in [1.165, 1.54) is 32.1 Å². The van der Waals surface area contributed by atoms with Crippen molar-refractivity contribution in [2.45, 2.75) is 45.4 Å². The van der Waals surface area contributed by atoms with Gasteiger partial charge in [0.25, 0.3) is 0 Å². The van der Waals surface area contributed by atoms with Gasteiger partial charge in [0.15, 0.2) is 0 Å². The Kier molecular flexibility index (Phi) is 7.12. The third kappa shape index (κ3) is 5.38. The van der Waals surface area contributed by atoms with Crippen molar-refractivity contribution in [2.24, 2.45) is 5.41 Å². The Bertz CT molecular complexity index is 227. The molecular weight excluding hydrogens is 282 g/mol. The van der Waals surface area contributed by atoms with Crippen LogP contribution in [0.5, 0.6) is 0 Å². The molecule has 1 saturated carbocycles. The summed E-state index contributed by atoms with van der Waals surface area (Å²) >= 11 is 3.60. The van der Waals surface area contributed by atoms with Crippen LogP contribution in [0.15, 0.2) is 0 Å². The van der Waals surface area contributed by atoms with E-state index in [1.807, 2.05) is 6.92 Å². The van der Waals surface area contributed by atoms with Crippen molar-refractivity contribution >= 4 is 21.8 Å². The summed E-state index contributed by atoms with van der Waals surface area (Å²) in [5.74, 6) is 0.0179. The average molecular weight is 306 g/mol. The summed E-state index contributed by atoms with van der Waals surface area (Å²) < 4.78 is 5.23. The zero-order chi connectivity index (χ0) is 12.6. The number of alkyl halides is 1. The van der Waals surface area contributed by atoms with Gasteiger partial charge in [-0.2, -0.15) is 0 Å². The Morgan fingerprint density at radius 3 is 2.65 bits per heavy atom. The van der Waals surface area contributed by atoms with Gasteiger partial charge in [-0.25, -0.2) is 0 Å². The lowest BCUT2D eigenvalue weighted by atomic mass is 9.75. The molecule has 1 aliphatic rings. The van der Waals surface area contributed by atoms with Crippen LogP contribution in [-0.4, -0.2) is 31.0 Å². The molecular formula is C13H24BrNO2. The van der Waals surface area contributed by atoms with Crippen molar-refractivity contribution < 1.29 is 9.53 Å². The zero-order valence-electron chi connectivity index (χ0n) is 10.8. The average Bonchev–Trinajstić information content (AvgIpc) is 2.38. The normalized spacial score (nSPS) is 18.9. The third-order valence-corrected chi connectivity index (χ3v) is 4.63. The molecule has 0 unspecified atom stereocenters. The van der Waals surface area contributed by atoms with E-state index < -0.39 is 0 Å². The number of hydrogen-bond acceptors (Lipinski definition) is 2. The second-order valence-corrected chi connectivity index (χ2v) is 5.58. The third-order valence-electron chi connectivity index (χ3n) is 3.44. The van der Waals surface area contributed by atoms with Gasteiger partial charge in [0.05, 0.1) is 0 Å². The Hall–Kier alpha value is -0.0900. The minimum absolute atomic E-state index is 0.0179. The van der Waals surface area contributed by atoms with E-state index in [0.717, 1.165) is 18.3 Å². The molecule has 0 heterocycles. The van der Waals surface area contributed by atoms with Crippen LogP contribution in [0.3, 0.4) is 0 Å². The molecule has 1 fully saturated rings. The topological polar surface area (TPSA) is 38.3 Å². The second kappa shape index (κ2) is 8.09. The minimum Gasteiger partial charge on any atom is -0.372 e. The monoisotopic (exact) mass is 305 g/mol. The number of rotatable bonds is 7. The Morgan fingerprint density at radius 2 is 2.06 bits per heavy atom. The lowest BCUT2D eigenvalue weighted by Gasteiger charge is -2.35. The number of carbonyl (C=O) groups excluding carboxylic acids is 1. The Morgan fingerprint density at radius 1 is 1.35 bits per heavy atom. The number of ether oxygens (including phenoxy) is 1. The van der Waals surface area contributed by atoms with E-state index >= 15 is 0 Å². The zero-order valence-corrected chi connectivity index (χ0v) is 12.4. The first-order chi connectivity index (χ1) is 8.22. The molecule has 0 aliphatic heterocycles. The molecule has 1 aliphatic carbocycles. The SMILES string of the molecule is CCCOCC(=O)NCC1(CBr)CCCCC1. The molecule has 0 aromatic heterocycles. The van der Waals surface area contributed by atoms with E-state index in [2.05, 4.69) is 21.2 Å². The highest BCUT2D eigenvalue weighted by molar-refractivity contribution is 9.09. The van der Waals surface area contributed by atoms with Crippen molar-refractivity contribution in [1.29, 1.82) is 0 Å². The first kappa shape index (κ1) is 15.0. The largest absolute Gasteiger partial charge is 0.372 e. The lowest BCUT2D eigenvalue weighted by Crippen LogP contribution is -2.41. The summed E-state index contributed by atoms with van der Waals surface area (Å²) in [5.41, 5.74) is 0.276. The summed E-state index contributed by atoms with van der Waals surface area (Å²) in [6.45, 7) is 3.69. The van der Waals surface area contributed by atoms with Gasteiger partial charge in [-0.05, 0) is 24.7 Å². The molecule has 0 atom stereocenters. The van der Waals surface area contributed by atoms with Gasteiger partial charge < -0.3 is 10.1 Å². The van der Waals surface area contributed by atoms with Crippen molar-refractivity contribution in [3.63, 3.8) is 0 Å². The first-order valence-corrected chi connectivity index (χ1v) is 7.75. The lowest BCUT2D eigenvalue weighted by molar-refractivity contribution is -0.126. The molecule has 3 nitrogen and oxygen atoms in total. The van der Waals surface area contributed by atoms with Gasteiger partial charge >= 0.3 is 0 Å². The van der Waals surface area contributed by atoms with Gasteiger partial charge in [-0.15, -0.1) is 0 Å². The first-order valence-electron chi connectivity index (χ1n) is 6.63. The summed E-state index contributed by atoms with van der Waals surface area (Å²) in [6, 6.07) is 0. The van der Waals surface area contributed by atoms with Gasteiger partial charge in [0.1, 0.15) is 6.61 Å². The van der Waals surface area contributed by atoms with Crippen LogP contribution in [-0.2, 0) is 9.53 Å². The summed E-state index contributed by atoms with van der Waals surface area (Å²) in [5, 5.41) is 3.99. The van der Waals surface area contributed by atoms with Crippen molar-refractivity contribution in [3.05, 3.63) is 0 Å². The highest BCUT2D eigenvalue weighted by Gasteiger charge is 2.31. The fourth-order valence-corrected chi connectivity index (χ4v) is 3.06. The second-order valence-electron chi connectivity index (χ2n) is 5.02. The maximum Gasteiger partial charge on any atom is 0.246 e. The predicted octanol–water partition coefficient (Wildman–Crippen LogP) is 2.87. The molecule has 0 aromatic rings. The van der Waals surface area contributed by atoms with E-state index in [0.29, 0.717) is 6.61 Å². The summed E-state index contributed by atoms with van der Waals surface area (Å²) in [6.07, 6.45) is 7.30. The van der Waals surface area contributed by atoms with Crippen molar-refractivity contribution in [1.82, 2.24) is 5.32 Å². The molecule has 0 bridgehead atoms. The van der Waals surface area contributed by atoms with Crippen LogP contribution in [0.4, 0.5) is 0 Å². The van der Waals surface area contributed by atoms with Crippen LogP contribution in [0, 0.1) is 5.41 Å². The van der Waals surface area contributed by atoms with E-state index in [9.17, 15) is 4.79 Å². The number of carbonyl (C=O) groups is 1. The summed E-state index contributed by atoms with van der Waals surface area (Å²) in [4.78, 5) is 11.6. The quantitative estimate of drug-likeness (QED) is 0.580. The van der Waals surface area contributed by atoms with Gasteiger partial charge in [-0.3, -0.25) is 4.79 Å². The number of amides is 1. The molecule has 0 spiro atoms. The van der Waals surface area contributed by atoms with Crippen LogP contribution in [0.1, 0.15) is 45.4 Å². The highest BCUT2D eigenvalue weighted by Crippen LogP contribution is 2.37. The van der Waals surface area contributed by atoms with Crippen LogP contribution < -0.4 is 5.32 Å². The van der Waals surface area contributed by atoms with E-state index in [1.54, 1.807) is 0 Å². The molecule has 17 heavy (non-hydrogen) atoms. The summed E-state index contributed by atoms with van der Waals surface area (Å²) in [7, 11) is 0. The van der Waals surface area contributed by atoms with Crippen LogP contribution >= 0.6 is 15.9 Å². The van der Waals surface area contributed by atoms with Gasteiger partial charge in [-0.1, -0.05) is 42.1 Å². The highest BCUT2D eigenvalue weighted by atomic mass is 79.9. The number of halogens is 1. The number of hydrogen-bond donors (Lipinski definition) is 1. The molecule has 0 aromatic carbocycles. The minimum atomic E-state index is 0.0179. The van der Waals surface area contributed by atoms with Crippen molar-refractivity contribution in [2.75, 3.05) is 25.1 Å². The maximum atomic E-state index is 11.6. The van der Waals surface area contributed by atoms with Gasteiger partial charge in [0.2, 0.25) is 5.91 Å². The molecule has 1 N–H and O–H groups in total. The van der Waals surface area contributed by atoms with Crippen LogP contribution in [0.2, 0.25) is 0 Å². The Balaban J connectivity index is 2.24. The van der Waals surface area contributed by atoms with E-state index in [-0.39, 0.29) is 17.9 Å². The molecule has 0 radical (unpaired) electrons. The standard InChI is InChI=1S/C13H24BrNO2/c1-2-8-17-9-12(16)15-11-13(10-14)6-4-3-5-7-13/h2-11H2,1H3,(H,15,16). The fraction of sp³-hybridized carbons (Fsp3) is 0.923. The molecule has 100 valence electrons. The smallest absolute Gasteiger partial charge is 0.246 e. The molecule has 1 rings (SSSR count). The van der Waals surface area contributed by atoms with Crippen molar-refractivity contribution in [3.8, 4) is 0 Å². The maximum absolute atomic E-state index is 11.6.